The zero-order valence-electron chi connectivity index (χ0n) is 10.4. The first kappa shape index (κ1) is 12.6. The van der Waals surface area contributed by atoms with Crippen molar-refractivity contribution in [3.05, 3.63) is 0 Å². The van der Waals surface area contributed by atoms with Crippen LogP contribution in [0.5, 0.6) is 0 Å². The lowest BCUT2D eigenvalue weighted by Crippen LogP contribution is -2.49. The number of aliphatic hydroxyl groups is 1. The van der Waals surface area contributed by atoms with E-state index in [2.05, 4.69) is 10.6 Å². The van der Waals surface area contributed by atoms with Crippen molar-refractivity contribution in [2.45, 2.75) is 44.2 Å². The van der Waals surface area contributed by atoms with Gasteiger partial charge in [0, 0.05) is 25.8 Å². The highest BCUT2D eigenvalue weighted by atomic mass is 16.5. The molecule has 17 heavy (non-hydrogen) atoms. The largest absolute Gasteiger partial charge is 0.388 e. The summed E-state index contributed by atoms with van der Waals surface area (Å²) in [4.78, 5) is 11.6. The smallest absolute Gasteiger partial charge is 0.315 e. The fourth-order valence-electron chi connectivity index (χ4n) is 2.19. The van der Waals surface area contributed by atoms with Gasteiger partial charge >= 0.3 is 6.03 Å². The number of nitrogens with one attached hydrogen (secondary N) is 2. The molecule has 1 aliphatic heterocycles. The Bertz CT molecular complexity index is 271. The zero-order chi connectivity index (χ0) is 12.3. The van der Waals surface area contributed by atoms with E-state index in [-0.39, 0.29) is 12.1 Å². The van der Waals surface area contributed by atoms with E-state index in [0.717, 1.165) is 25.7 Å². The Morgan fingerprint density at radius 1 is 1.35 bits per heavy atom. The monoisotopic (exact) mass is 242 g/mol. The van der Waals surface area contributed by atoms with Crippen molar-refractivity contribution in [1.82, 2.24) is 10.6 Å². The van der Waals surface area contributed by atoms with Crippen LogP contribution in [0.4, 0.5) is 4.79 Å². The predicted molar refractivity (Wildman–Crippen MR) is 63.7 cm³/mol. The molecule has 0 aromatic heterocycles. The number of ether oxygens (including phenoxy) is 1. The molecule has 0 radical (unpaired) electrons. The minimum atomic E-state index is -0.757. The molecule has 1 saturated heterocycles. The Morgan fingerprint density at radius 3 is 2.59 bits per heavy atom. The second-order valence-electron chi connectivity index (χ2n) is 5.35. The van der Waals surface area contributed by atoms with Crippen LogP contribution in [0.2, 0.25) is 0 Å². The van der Waals surface area contributed by atoms with E-state index in [0.29, 0.717) is 25.7 Å². The molecule has 5 heteroatoms. The van der Waals surface area contributed by atoms with Gasteiger partial charge in [0.2, 0.25) is 0 Å². The Morgan fingerprint density at radius 2 is 2.00 bits per heavy atom. The number of carbonyl (C=O) groups is 1. The molecule has 1 saturated carbocycles. The molecule has 3 N–H and O–H groups in total. The second-order valence-corrected chi connectivity index (χ2v) is 5.35. The quantitative estimate of drug-likeness (QED) is 0.677. The third kappa shape index (κ3) is 3.85. The SMILES string of the molecule is C[C@](O)(CNC(=O)NC1CCOCC1)C1CC1. The molecular formula is C12H22N2O3. The third-order valence-electron chi connectivity index (χ3n) is 3.62. The fourth-order valence-corrected chi connectivity index (χ4v) is 2.19. The number of urea groups is 1. The van der Waals surface area contributed by atoms with Crippen LogP contribution in [0, 0.1) is 5.92 Å². The maximum atomic E-state index is 11.6. The lowest BCUT2D eigenvalue weighted by molar-refractivity contribution is 0.0387. The van der Waals surface area contributed by atoms with Crippen LogP contribution < -0.4 is 10.6 Å². The molecule has 0 unspecified atom stereocenters. The molecule has 0 spiro atoms. The fraction of sp³-hybridized carbons (Fsp3) is 0.917. The molecule has 98 valence electrons. The average molecular weight is 242 g/mol. The number of hydrogen-bond acceptors (Lipinski definition) is 3. The van der Waals surface area contributed by atoms with Gasteiger partial charge in [0.1, 0.15) is 0 Å². The zero-order valence-corrected chi connectivity index (χ0v) is 10.4. The maximum absolute atomic E-state index is 11.6. The summed E-state index contributed by atoms with van der Waals surface area (Å²) in [6.07, 6.45) is 3.87. The van der Waals surface area contributed by atoms with Gasteiger partial charge in [-0.1, -0.05) is 0 Å². The summed E-state index contributed by atoms with van der Waals surface area (Å²) in [5, 5.41) is 15.7. The lowest BCUT2D eigenvalue weighted by atomic mass is 10.0. The summed E-state index contributed by atoms with van der Waals surface area (Å²) < 4.78 is 5.22. The number of hydrogen-bond donors (Lipinski definition) is 3. The van der Waals surface area contributed by atoms with Gasteiger partial charge in [-0.05, 0) is 38.5 Å². The Labute approximate surface area is 102 Å². The molecule has 1 atom stereocenters. The van der Waals surface area contributed by atoms with E-state index in [1.54, 1.807) is 6.92 Å². The van der Waals surface area contributed by atoms with Crippen LogP contribution in [0.25, 0.3) is 0 Å². The maximum Gasteiger partial charge on any atom is 0.315 e. The van der Waals surface area contributed by atoms with E-state index in [1.165, 1.54) is 0 Å². The molecule has 0 aromatic rings. The van der Waals surface area contributed by atoms with Crippen molar-refractivity contribution in [2.24, 2.45) is 5.92 Å². The highest BCUT2D eigenvalue weighted by molar-refractivity contribution is 5.74. The standard InChI is InChI=1S/C12H22N2O3/c1-12(16,9-2-3-9)8-13-11(15)14-10-4-6-17-7-5-10/h9-10,16H,2-8H2,1H3,(H2,13,14,15)/t12-/m0/s1. The molecule has 2 fully saturated rings. The summed E-state index contributed by atoms with van der Waals surface area (Å²) in [5.74, 6) is 0.353. The van der Waals surface area contributed by atoms with Gasteiger partial charge in [0.05, 0.1) is 5.60 Å². The number of rotatable bonds is 4. The van der Waals surface area contributed by atoms with Crippen LogP contribution >= 0.6 is 0 Å². The minimum absolute atomic E-state index is 0.183. The molecule has 0 bridgehead atoms. The molecule has 0 aromatic carbocycles. The van der Waals surface area contributed by atoms with Crippen LogP contribution in [0.15, 0.2) is 0 Å². The Hall–Kier alpha value is -0.810. The van der Waals surface area contributed by atoms with Crippen molar-refractivity contribution in [3.63, 3.8) is 0 Å². The summed E-state index contributed by atoms with van der Waals surface area (Å²) in [5.41, 5.74) is -0.757. The number of carbonyl (C=O) groups excluding carboxylic acids is 1. The van der Waals surface area contributed by atoms with E-state index in [9.17, 15) is 9.90 Å². The third-order valence-corrected chi connectivity index (χ3v) is 3.62. The molecule has 2 aliphatic rings. The van der Waals surface area contributed by atoms with E-state index >= 15 is 0 Å². The normalized spacial score (nSPS) is 25.1. The van der Waals surface area contributed by atoms with Crippen LogP contribution in [-0.2, 0) is 4.74 Å². The Kier molecular flexibility index (Phi) is 3.89. The number of amides is 2. The van der Waals surface area contributed by atoms with Gasteiger partial charge in [-0.3, -0.25) is 0 Å². The summed E-state index contributed by atoms with van der Waals surface area (Å²) in [6, 6.07) is 0.0208. The summed E-state index contributed by atoms with van der Waals surface area (Å²) in [6.45, 7) is 3.54. The molecular weight excluding hydrogens is 220 g/mol. The molecule has 1 aliphatic carbocycles. The molecule has 1 heterocycles. The van der Waals surface area contributed by atoms with Gasteiger partial charge in [-0.15, -0.1) is 0 Å². The first-order chi connectivity index (χ1) is 8.08. The molecule has 5 nitrogen and oxygen atoms in total. The van der Waals surface area contributed by atoms with E-state index in [1.807, 2.05) is 0 Å². The average Bonchev–Trinajstić information content (AvgIpc) is 3.12. The van der Waals surface area contributed by atoms with E-state index < -0.39 is 5.60 Å². The first-order valence-corrected chi connectivity index (χ1v) is 6.42. The van der Waals surface area contributed by atoms with Crippen molar-refractivity contribution in [2.75, 3.05) is 19.8 Å². The highest BCUT2D eigenvalue weighted by Gasteiger charge is 2.39. The van der Waals surface area contributed by atoms with Gasteiger partial charge in [-0.25, -0.2) is 4.79 Å². The van der Waals surface area contributed by atoms with Crippen LogP contribution in [0.1, 0.15) is 32.6 Å². The van der Waals surface area contributed by atoms with Crippen molar-refractivity contribution >= 4 is 6.03 Å². The Balaban J connectivity index is 1.66. The van der Waals surface area contributed by atoms with Crippen LogP contribution in [0.3, 0.4) is 0 Å². The summed E-state index contributed by atoms with van der Waals surface area (Å²) in [7, 11) is 0. The van der Waals surface area contributed by atoms with Gasteiger partial charge < -0.3 is 20.5 Å². The first-order valence-electron chi connectivity index (χ1n) is 6.42. The van der Waals surface area contributed by atoms with Crippen molar-refractivity contribution in [1.29, 1.82) is 0 Å². The minimum Gasteiger partial charge on any atom is -0.388 e. The van der Waals surface area contributed by atoms with Gasteiger partial charge in [0.25, 0.3) is 0 Å². The lowest BCUT2D eigenvalue weighted by Gasteiger charge is -2.26. The highest BCUT2D eigenvalue weighted by Crippen LogP contribution is 2.38. The van der Waals surface area contributed by atoms with Gasteiger partial charge in [-0.2, -0.15) is 0 Å². The predicted octanol–water partition coefficient (Wildman–Crippen LogP) is 0.626. The van der Waals surface area contributed by atoms with Crippen molar-refractivity contribution < 1.29 is 14.6 Å². The van der Waals surface area contributed by atoms with Gasteiger partial charge in [0.15, 0.2) is 0 Å². The van der Waals surface area contributed by atoms with Crippen molar-refractivity contribution in [3.8, 4) is 0 Å². The molecule has 2 amide bonds. The summed E-state index contributed by atoms with van der Waals surface area (Å²) >= 11 is 0. The van der Waals surface area contributed by atoms with Crippen LogP contribution in [-0.4, -0.2) is 42.5 Å². The topological polar surface area (TPSA) is 70.6 Å². The van der Waals surface area contributed by atoms with E-state index in [4.69, 9.17) is 4.74 Å². The second kappa shape index (κ2) is 5.23. The molecule has 2 rings (SSSR count).